The van der Waals surface area contributed by atoms with Crippen LogP contribution in [0.25, 0.3) is 0 Å². The van der Waals surface area contributed by atoms with Crippen molar-refractivity contribution in [3.8, 4) is 0 Å². The van der Waals surface area contributed by atoms with Crippen LogP contribution in [-0.4, -0.2) is 12.5 Å². The Labute approximate surface area is 100 Å². The zero-order valence-electron chi connectivity index (χ0n) is 9.37. The molecule has 1 fully saturated rings. The number of amides is 1. The molecule has 88 valence electrons. The number of nitrogens with two attached hydrogens (primary N) is 1. The molecule has 2 rings (SSSR count). The van der Waals surface area contributed by atoms with Crippen LogP contribution in [0, 0.1) is 5.41 Å². The van der Waals surface area contributed by atoms with Crippen molar-refractivity contribution in [1.82, 2.24) is 5.32 Å². The quantitative estimate of drug-likeness (QED) is 0.823. The first-order chi connectivity index (χ1) is 7.73. The van der Waals surface area contributed by atoms with Gasteiger partial charge in [-0.2, -0.15) is 0 Å². The lowest BCUT2D eigenvalue weighted by Gasteiger charge is -2.25. The van der Waals surface area contributed by atoms with E-state index < -0.39 is 0 Å². The lowest BCUT2D eigenvalue weighted by molar-refractivity contribution is -0.127. The van der Waals surface area contributed by atoms with E-state index in [9.17, 15) is 4.79 Å². The second-order valence-corrected chi connectivity index (χ2v) is 5.57. The van der Waals surface area contributed by atoms with E-state index in [4.69, 9.17) is 5.73 Å². The van der Waals surface area contributed by atoms with Crippen LogP contribution in [-0.2, 0) is 11.3 Å². The molecule has 1 amide bonds. The van der Waals surface area contributed by atoms with Gasteiger partial charge in [-0.3, -0.25) is 4.79 Å². The minimum atomic E-state index is -0.280. The number of thiophene rings is 1. The molecule has 1 heterocycles. The van der Waals surface area contributed by atoms with Gasteiger partial charge in [0, 0.05) is 18.0 Å². The van der Waals surface area contributed by atoms with Crippen molar-refractivity contribution < 1.29 is 4.79 Å². The Morgan fingerprint density at radius 2 is 2.25 bits per heavy atom. The molecule has 0 aromatic carbocycles. The Morgan fingerprint density at radius 1 is 1.50 bits per heavy atom. The van der Waals surface area contributed by atoms with E-state index in [0.717, 1.165) is 38.8 Å². The third kappa shape index (κ3) is 2.44. The highest BCUT2D eigenvalue weighted by Crippen LogP contribution is 2.37. The van der Waals surface area contributed by atoms with Crippen molar-refractivity contribution in [3.63, 3.8) is 0 Å². The highest BCUT2D eigenvalue weighted by molar-refractivity contribution is 7.09. The molecular weight excluding hydrogens is 220 g/mol. The highest BCUT2D eigenvalue weighted by atomic mass is 32.1. The minimum Gasteiger partial charge on any atom is -0.369 e. The third-order valence-corrected chi connectivity index (χ3v) is 4.30. The Hall–Kier alpha value is -0.870. The fraction of sp³-hybridized carbons (Fsp3) is 0.583. The van der Waals surface area contributed by atoms with Crippen molar-refractivity contribution >= 4 is 17.2 Å². The number of rotatable bonds is 5. The van der Waals surface area contributed by atoms with Crippen LogP contribution in [0.2, 0.25) is 0 Å². The molecule has 0 saturated heterocycles. The zero-order valence-corrected chi connectivity index (χ0v) is 10.2. The fourth-order valence-corrected chi connectivity index (χ4v) is 3.07. The minimum absolute atomic E-state index is 0.135. The molecule has 16 heavy (non-hydrogen) atoms. The van der Waals surface area contributed by atoms with Gasteiger partial charge in [-0.25, -0.2) is 0 Å². The maximum atomic E-state index is 11.5. The maximum absolute atomic E-state index is 11.5. The molecule has 0 aliphatic heterocycles. The summed E-state index contributed by atoms with van der Waals surface area (Å²) in [5, 5.41) is 5.43. The number of carbonyl (C=O) groups excluding carboxylic acids is 1. The van der Waals surface area contributed by atoms with Crippen molar-refractivity contribution in [2.45, 2.75) is 32.2 Å². The fourth-order valence-electron chi connectivity index (χ4n) is 2.40. The number of hydrogen-bond donors (Lipinski definition) is 2. The summed E-state index contributed by atoms with van der Waals surface area (Å²) in [6, 6.07) is 4.14. The van der Waals surface area contributed by atoms with E-state index in [1.54, 1.807) is 11.3 Å². The third-order valence-electron chi connectivity index (χ3n) is 3.43. The second kappa shape index (κ2) is 4.97. The van der Waals surface area contributed by atoms with E-state index >= 15 is 0 Å². The molecule has 0 atom stereocenters. The zero-order chi connectivity index (χ0) is 11.4. The molecular formula is C12H18N2OS. The number of carbonyl (C=O) groups is 1. The predicted molar refractivity (Wildman–Crippen MR) is 66.1 cm³/mol. The molecule has 4 heteroatoms. The molecule has 1 aliphatic carbocycles. The average molecular weight is 238 g/mol. The largest absolute Gasteiger partial charge is 0.369 e. The van der Waals surface area contributed by atoms with Crippen LogP contribution in [0.3, 0.4) is 0 Å². The molecule has 3 N–H and O–H groups in total. The van der Waals surface area contributed by atoms with Crippen molar-refractivity contribution in [2.75, 3.05) is 6.54 Å². The van der Waals surface area contributed by atoms with E-state index in [2.05, 4.69) is 16.8 Å². The monoisotopic (exact) mass is 238 g/mol. The van der Waals surface area contributed by atoms with Gasteiger partial charge >= 0.3 is 0 Å². The lowest BCUT2D eigenvalue weighted by atomic mass is 9.85. The highest BCUT2D eigenvalue weighted by Gasteiger charge is 2.38. The van der Waals surface area contributed by atoms with Crippen LogP contribution in [0.1, 0.15) is 30.6 Å². The Bertz CT molecular complexity index is 342. The molecule has 0 bridgehead atoms. The Morgan fingerprint density at radius 3 is 2.81 bits per heavy atom. The summed E-state index contributed by atoms with van der Waals surface area (Å²) < 4.78 is 0. The van der Waals surface area contributed by atoms with Crippen molar-refractivity contribution in [1.29, 1.82) is 0 Å². The molecule has 1 aromatic heterocycles. The molecule has 0 radical (unpaired) electrons. The smallest absolute Gasteiger partial charge is 0.224 e. The predicted octanol–water partition coefficient (Wildman–Crippen LogP) is 1.88. The summed E-state index contributed by atoms with van der Waals surface area (Å²) in [4.78, 5) is 12.8. The van der Waals surface area contributed by atoms with E-state index in [-0.39, 0.29) is 11.3 Å². The molecule has 0 spiro atoms. The summed E-state index contributed by atoms with van der Waals surface area (Å²) in [5.74, 6) is -0.135. The number of nitrogens with one attached hydrogen (secondary N) is 1. The van der Waals surface area contributed by atoms with Gasteiger partial charge in [0.1, 0.15) is 0 Å². The van der Waals surface area contributed by atoms with Gasteiger partial charge < -0.3 is 11.1 Å². The first-order valence-electron chi connectivity index (χ1n) is 5.76. The molecule has 1 aliphatic rings. The topological polar surface area (TPSA) is 55.1 Å². The SMILES string of the molecule is NC(=O)C1(CNCc2cccs2)CCCC1. The summed E-state index contributed by atoms with van der Waals surface area (Å²) in [7, 11) is 0. The summed E-state index contributed by atoms with van der Waals surface area (Å²) >= 11 is 1.73. The average Bonchev–Trinajstić information content (AvgIpc) is 2.88. The second-order valence-electron chi connectivity index (χ2n) is 4.53. The van der Waals surface area contributed by atoms with Gasteiger partial charge in [0.25, 0.3) is 0 Å². The normalized spacial score (nSPS) is 18.8. The van der Waals surface area contributed by atoms with Gasteiger partial charge in [-0.1, -0.05) is 18.9 Å². The maximum Gasteiger partial charge on any atom is 0.224 e. The van der Waals surface area contributed by atoms with Gasteiger partial charge in [0.2, 0.25) is 5.91 Å². The Kier molecular flexibility index (Phi) is 3.61. The summed E-state index contributed by atoms with van der Waals surface area (Å²) in [6.07, 6.45) is 4.15. The lowest BCUT2D eigenvalue weighted by Crippen LogP contribution is -2.42. The Balaban J connectivity index is 1.85. The first kappa shape index (κ1) is 11.6. The number of primary amides is 1. The van der Waals surface area contributed by atoms with Gasteiger partial charge in [0.15, 0.2) is 0 Å². The van der Waals surface area contributed by atoms with Gasteiger partial charge in [0.05, 0.1) is 5.41 Å². The van der Waals surface area contributed by atoms with Crippen LogP contribution >= 0.6 is 11.3 Å². The summed E-state index contributed by atoms with van der Waals surface area (Å²) in [6.45, 7) is 1.56. The van der Waals surface area contributed by atoms with E-state index in [1.165, 1.54) is 4.88 Å². The molecule has 1 aromatic rings. The van der Waals surface area contributed by atoms with E-state index in [0.29, 0.717) is 0 Å². The first-order valence-corrected chi connectivity index (χ1v) is 6.64. The van der Waals surface area contributed by atoms with Crippen molar-refractivity contribution in [2.24, 2.45) is 11.1 Å². The van der Waals surface area contributed by atoms with Gasteiger partial charge in [-0.15, -0.1) is 11.3 Å². The van der Waals surface area contributed by atoms with Crippen LogP contribution in [0.4, 0.5) is 0 Å². The van der Waals surface area contributed by atoms with Gasteiger partial charge in [-0.05, 0) is 24.3 Å². The van der Waals surface area contributed by atoms with Crippen LogP contribution in [0.5, 0.6) is 0 Å². The molecule has 1 saturated carbocycles. The van der Waals surface area contributed by atoms with E-state index in [1.807, 2.05) is 6.07 Å². The van der Waals surface area contributed by atoms with Crippen LogP contribution in [0.15, 0.2) is 17.5 Å². The van der Waals surface area contributed by atoms with Crippen molar-refractivity contribution in [3.05, 3.63) is 22.4 Å². The standard InChI is InChI=1S/C12H18N2OS/c13-11(15)12(5-1-2-6-12)9-14-8-10-4-3-7-16-10/h3-4,7,14H,1-2,5-6,8-9H2,(H2,13,15). The summed E-state index contributed by atoms with van der Waals surface area (Å²) in [5.41, 5.74) is 5.24. The molecule has 0 unspecified atom stereocenters. The van der Waals surface area contributed by atoms with Crippen LogP contribution < -0.4 is 11.1 Å². The number of hydrogen-bond acceptors (Lipinski definition) is 3. The molecule has 3 nitrogen and oxygen atoms in total.